The van der Waals surface area contributed by atoms with E-state index in [0.29, 0.717) is 19.5 Å². The molecule has 1 unspecified atom stereocenters. The smallest absolute Gasteiger partial charge is 0.242 e. The van der Waals surface area contributed by atoms with Crippen LogP contribution >= 0.6 is 0 Å². The summed E-state index contributed by atoms with van der Waals surface area (Å²) in [7, 11) is 0. The summed E-state index contributed by atoms with van der Waals surface area (Å²) in [5, 5.41) is 10.1. The lowest BCUT2D eigenvalue weighted by Crippen LogP contribution is -2.45. The van der Waals surface area contributed by atoms with Crippen molar-refractivity contribution in [3.05, 3.63) is 17.5 Å². The van der Waals surface area contributed by atoms with Crippen LogP contribution in [-0.4, -0.2) is 39.5 Å². The van der Waals surface area contributed by atoms with Crippen LogP contribution in [0.1, 0.15) is 51.9 Å². The lowest BCUT2D eigenvalue weighted by Gasteiger charge is -2.23. The number of hydrogen-bond acceptors (Lipinski definition) is 3. The minimum Gasteiger partial charge on any atom is -0.349 e. The Bertz CT molecular complexity index is 530. The van der Waals surface area contributed by atoms with Crippen molar-refractivity contribution in [1.82, 2.24) is 20.4 Å². The average Bonchev–Trinajstić information content (AvgIpc) is 3.03. The number of rotatable bonds is 4. The van der Waals surface area contributed by atoms with E-state index >= 15 is 0 Å². The van der Waals surface area contributed by atoms with E-state index in [2.05, 4.69) is 36.3 Å². The lowest BCUT2D eigenvalue weighted by molar-refractivity contribution is -0.136. The Morgan fingerprint density at radius 2 is 2.24 bits per heavy atom. The highest BCUT2D eigenvalue weighted by atomic mass is 16.2. The number of likely N-dealkylation sites (tertiary alicyclic amines) is 1. The van der Waals surface area contributed by atoms with Crippen molar-refractivity contribution in [3.8, 4) is 0 Å². The standard InChI is InChI=1S/C15H24N4O2/c1-10(19-7-5-6-13(19)20)14(21)16-9-11-8-12(18-17-11)15(2,3)4/h8,10H,5-7,9H2,1-4H3,(H,16,21)(H,17,18). The van der Waals surface area contributed by atoms with Crippen LogP contribution in [0.15, 0.2) is 6.07 Å². The summed E-state index contributed by atoms with van der Waals surface area (Å²) in [4.78, 5) is 25.4. The zero-order valence-corrected chi connectivity index (χ0v) is 13.2. The summed E-state index contributed by atoms with van der Waals surface area (Å²) in [6, 6.07) is 1.55. The molecule has 21 heavy (non-hydrogen) atoms. The summed E-state index contributed by atoms with van der Waals surface area (Å²) in [6.45, 7) is 9.11. The van der Waals surface area contributed by atoms with Crippen molar-refractivity contribution in [1.29, 1.82) is 0 Å². The summed E-state index contributed by atoms with van der Waals surface area (Å²) >= 11 is 0. The summed E-state index contributed by atoms with van der Waals surface area (Å²) in [5.41, 5.74) is 1.82. The second kappa shape index (κ2) is 5.87. The quantitative estimate of drug-likeness (QED) is 0.879. The highest BCUT2D eigenvalue weighted by Gasteiger charge is 2.29. The number of nitrogens with one attached hydrogen (secondary N) is 2. The Kier molecular flexibility index (Phi) is 4.34. The molecule has 0 spiro atoms. The molecule has 1 aliphatic heterocycles. The molecular weight excluding hydrogens is 268 g/mol. The third kappa shape index (κ3) is 3.62. The third-order valence-electron chi connectivity index (χ3n) is 3.81. The van der Waals surface area contributed by atoms with Gasteiger partial charge in [-0.3, -0.25) is 14.7 Å². The number of hydrogen-bond donors (Lipinski definition) is 2. The molecule has 2 rings (SSSR count). The van der Waals surface area contributed by atoms with Crippen LogP contribution in [0.5, 0.6) is 0 Å². The van der Waals surface area contributed by atoms with Crippen molar-refractivity contribution < 1.29 is 9.59 Å². The number of aromatic amines is 1. The van der Waals surface area contributed by atoms with Crippen molar-refractivity contribution >= 4 is 11.8 Å². The van der Waals surface area contributed by atoms with Gasteiger partial charge in [-0.15, -0.1) is 0 Å². The number of nitrogens with zero attached hydrogens (tertiary/aromatic N) is 2. The molecule has 0 aliphatic carbocycles. The minimum absolute atomic E-state index is 0.0198. The Morgan fingerprint density at radius 1 is 1.52 bits per heavy atom. The van der Waals surface area contributed by atoms with Gasteiger partial charge in [-0.1, -0.05) is 20.8 Å². The van der Waals surface area contributed by atoms with Crippen LogP contribution in [0.25, 0.3) is 0 Å². The fourth-order valence-corrected chi connectivity index (χ4v) is 2.39. The average molecular weight is 292 g/mol. The summed E-state index contributed by atoms with van der Waals surface area (Å²) in [6.07, 6.45) is 1.39. The molecule has 1 atom stereocenters. The molecule has 2 amide bonds. The van der Waals surface area contributed by atoms with Gasteiger partial charge in [0, 0.05) is 18.4 Å². The molecular formula is C15H24N4O2. The fourth-order valence-electron chi connectivity index (χ4n) is 2.39. The molecule has 116 valence electrons. The van der Waals surface area contributed by atoms with Crippen molar-refractivity contribution in [2.75, 3.05) is 6.54 Å². The Hall–Kier alpha value is -1.85. The zero-order chi connectivity index (χ0) is 15.6. The number of carbonyl (C=O) groups is 2. The molecule has 1 aromatic heterocycles. The van der Waals surface area contributed by atoms with Crippen molar-refractivity contribution in [2.45, 2.75) is 58.5 Å². The van der Waals surface area contributed by atoms with E-state index < -0.39 is 6.04 Å². The van der Waals surface area contributed by atoms with Crippen molar-refractivity contribution in [3.63, 3.8) is 0 Å². The highest BCUT2D eigenvalue weighted by Crippen LogP contribution is 2.20. The Labute approximate surface area is 125 Å². The maximum absolute atomic E-state index is 12.1. The molecule has 0 bridgehead atoms. The topological polar surface area (TPSA) is 78.1 Å². The summed E-state index contributed by atoms with van der Waals surface area (Å²) in [5.74, 6) is -0.0635. The van der Waals surface area contributed by atoms with Crippen LogP contribution in [0.3, 0.4) is 0 Å². The van der Waals surface area contributed by atoms with E-state index in [-0.39, 0.29) is 17.2 Å². The largest absolute Gasteiger partial charge is 0.349 e. The van der Waals surface area contributed by atoms with Crippen LogP contribution in [0.2, 0.25) is 0 Å². The number of carbonyl (C=O) groups excluding carboxylic acids is 2. The molecule has 6 heteroatoms. The van der Waals surface area contributed by atoms with E-state index in [1.165, 1.54) is 0 Å². The first-order chi connectivity index (χ1) is 9.79. The second-order valence-corrected chi connectivity index (χ2v) is 6.61. The van der Waals surface area contributed by atoms with Crippen LogP contribution < -0.4 is 5.32 Å². The lowest BCUT2D eigenvalue weighted by atomic mass is 9.92. The van der Waals surface area contributed by atoms with Gasteiger partial charge in [-0.2, -0.15) is 5.10 Å². The van der Waals surface area contributed by atoms with Crippen molar-refractivity contribution in [2.24, 2.45) is 0 Å². The molecule has 2 heterocycles. The Balaban J connectivity index is 1.89. The number of amides is 2. The zero-order valence-electron chi connectivity index (χ0n) is 13.2. The van der Waals surface area contributed by atoms with E-state index in [9.17, 15) is 9.59 Å². The van der Waals surface area contributed by atoms with Gasteiger partial charge in [-0.25, -0.2) is 0 Å². The van der Waals surface area contributed by atoms with Gasteiger partial charge in [-0.05, 0) is 19.4 Å². The minimum atomic E-state index is -0.412. The van der Waals surface area contributed by atoms with Crippen LogP contribution in [-0.2, 0) is 21.5 Å². The molecule has 0 aromatic carbocycles. The molecule has 1 aromatic rings. The monoisotopic (exact) mass is 292 g/mol. The van der Waals surface area contributed by atoms with E-state index in [0.717, 1.165) is 17.8 Å². The normalized spacial score (nSPS) is 17.1. The van der Waals surface area contributed by atoms with E-state index in [1.54, 1.807) is 11.8 Å². The van der Waals surface area contributed by atoms with Gasteiger partial charge in [0.2, 0.25) is 11.8 Å². The highest BCUT2D eigenvalue weighted by molar-refractivity contribution is 5.88. The molecule has 1 saturated heterocycles. The number of H-pyrrole nitrogens is 1. The van der Waals surface area contributed by atoms with Gasteiger partial charge >= 0.3 is 0 Å². The van der Waals surface area contributed by atoms with E-state index in [4.69, 9.17) is 0 Å². The predicted octanol–water partition coefficient (Wildman–Crippen LogP) is 1.33. The molecule has 1 aliphatic rings. The fraction of sp³-hybridized carbons (Fsp3) is 0.667. The van der Waals surface area contributed by atoms with Gasteiger partial charge in [0.05, 0.1) is 17.9 Å². The maximum atomic E-state index is 12.1. The Morgan fingerprint density at radius 3 is 2.76 bits per heavy atom. The third-order valence-corrected chi connectivity index (χ3v) is 3.81. The van der Waals surface area contributed by atoms with Gasteiger partial charge in [0.15, 0.2) is 0 Å². The molecule has 1 fully saturated rings. The molecule has 2 N–H and O–H groups in total. The van der Waals surface area contributed by atoms with E-state index in [1.807, 2.05) is 6.07 Å². The number of aromatic nitrogens is 2. The van der Waals surface area contributed by atoms with Gasteiger partial charge < -0.3 is 10.2 Å². The molecule has 6 nitrogen and oxygen atoms in total. The molecule has 0 radical (unpaired) electrons. The first kappa shape index (κ1) is 15.5. The predicted molar refractivity (Wildman–Crippen MR) is 79.5 cm³/mol. The first-order valence-corrected chi connectivity index (χ1v) is 7.41. The summed E-state index contributed by atoms with van der Waals surface area (Å²) < 4.78 is 0. The van der Waals surface area contributed by atoms with Gasteiger partial charge in [0.25, 0.3) is 0 Å². The SMILES string of the molecule is CC(C(=O)NCc1cc(C(C)(C)C)n[nH]1)N1CCCC1=O. The van der Waals surface area contributed by atoms with Crippen LogP contribution in [0, 0.1) is 0 Å². The maximum Gasteiger partial charge on any atom is 0.242 e. The van der Waals surface area contributed by atoms with Gasteiger partial charge in [0.1, 0.15) is 6.04 Å². The first-order valence-electron chi connectivity index (χ1n) is 7.41. The second-order valence-electron chi connectivity index (χ2n) is 6.61. The molecule has 0 saturated carbocycles. The van der Waals surface area contributed by atoms with Crippen LogP contribution in [0.4, 0.5) is 0 Å².